The van der Waals surface area contributed by atoms with Crippen molar-refractivity contribution in [2.75, 3.05) is 11.4 Å². The van der Waals surface area contributed by atoms with Crippen LogP contribution in [0.15, 0.2) is 58.6 Å². The van der Waals surface area contributed by atoms with E-state index in [1.165, 1.54) is 12.4 Å². The minimum Gasteiger partial charge on any atom is -0.345 e. The number of anilines is 1. The van der Waals surface area contributed by atoms with Crippen molar-refractivity contribution < 1.29 is 13.6 Å². The highest BCUT2D eigenvalue weighted by Gasteiger charge is 2.53. The van der Waals surface area contributed by atoms with E-state index in [1.54, 1.807) is 6.20 Å². The van der Waals surface area contributed by atoms with E-state index < -0.39 is 16.8 Å². The molecular formula is C35H45ClF2N6O. The van der Waals surface area contributed by atoms with E-state index in [0.29, 0.717) is 35.8 Å². The highest BCUT2D eigenvalue weighted by atomic mass is 35.5. The average molecular weight is 639 g/mol. The summed E-state index contributed by atoms with van der Waals surface area (Å²) in [6, 6.07) is 7.91. The summed E-state index contributed by atoms with van der Waals surface area (Å²) in [5, 5.41) is 22.9. The van der Waals surface area contributed by atoms with Gasteiger partial charge < -0.3 is 20.9 Å². The van der Waals surface area contributed by atoms with Crippen LogP contribution in [-0.2, 0) is 4.79 Å². The van der Waals surface area contributed by atoms with Crippen LogP contribution >= 0.6 is 11.6 Å². The maximum absolute atomic E-state index is 14.1. The molecule has 2 bridgehead atoms. The molecule has 0 saturated heterocycles. The highest BCUT2D eigenvalue weighted by molar-refractivity contribution is 6.39. The third-order valence-electron chi connectivity index (χ3n) is 10.4. The number of rotatable bonds is 8. The molecule has 1 heterocycles. The molecule has 0 atom stereocenters. The number of halogens is 3. The molecule has 45 heavy (non-hydrogen) atoms. The Labute approximate surface area is 270 Å². The summed E-state index contributed by atoms with van der Waals surface area (Å²) in [4.78, 5) is 20.0. The van der Waals surface area contributed by atoms with Gasteiger partial charge in [0.15, 0.2) is 0 Å². The van der Waals surface area contributed by atoms with Gasteiger partial charge in [-0.25, -0.2) is 13.8 Å². The van der Waals surface area contributed by atoms with E-state index in [1.807, 2.05) is 45.0 Å². The number of fused-ring (bicyclic) bond motifs is 3. The Hall–Kier alpha value is -3.33. The molecule has 4 saturated carbocycles. The van der Waals surface area contributed by atoms with Crippen molar-refractivity contribution in [2.45, 2.75) is 90.9 Å². The SMILES string of the molecule is C=C(C1CCC(F)(F)CC1)N(CC12CCC(C(=O)NC(=N)C(C)(C)C)(CC1)CC2)c1cccc(/C(C=N)=C2\N=CC(Cl)=CN2)c1. The summed E-state index contributed by atoms with van der Waals surface area (Å²) in [6.07, 6.45) is 9.82. The molecule has 5 aliphatic rings. The molecule has 1 aliphatic heterocycles. The van der Waals surface area contributed by atoms with Gasteiger partial charge in [0.1, 0.15) is 11.7 Å². The first-order chi connectivity index (χ1) is 21.2. The Morgan fingerprint density at radius 1 is 1.16 bits per heavy atom. The van der Waals surface area contributed by atoms with E-state index >= 15 is 0 Å². The minimum atomic E-state index is -2.63. The Morgan fingerprint density at radius 3 is 2.36 bits per heavy atom. The van der Waals surface area contributed by atoms with E-state index in [0.717, 1.165) is 55.5 Å². The van der Waals surface area contributed by atoms with Gasteiger partial charge in [0.25, 0.3) is 0 Å². The molecule has 4 N–H and O–H groups in total. The lowest BCUT2D eigenvalue weighted by atomic mass is 9.53. The molecule has 10 heteroatoms. The van der Waals surface area contributed by atoms with Gasteiger partial charge in [-0.05, 0) is 80.4 Å². The van der Waals surface area contributed by atoms with Gasteiger partial charge in [0.2, 0.25) is 11.8 Å². The van der Waals surface area contributed by atoms with Crippen molar-refractivity contribution >= 4 is 47.0 Å². The molecular weight excluding hydrogens is 594 g/mol. The molecule has 4 fully saturated rings. The summed E-state index contributed by atoms with van der Waals surface area (Å²) < 4.78 is 28.3. The fourth-order valence-electron chi connectivity index (χ4n) is 7.18. The van der Waals surface area contributed by atoms with Crippen molar-refractivity contribution in [3.63, 3.8) is 0 Å². The summed E-state index contributed by atoms with van der Waals surface area (Å²) >= 11 is 6.03. The van der Waals surface area contributed by atoms with Crippen LogP contribution in [-0.4, -0.2) is 36.6 Å². The lowest BCUT2D eigenvalue weighted by Crippen LogP contribution is -2.55. The van der Waals surface area contributed by atoms with Crippen LogP contribution in [0.4, 0.5) is 14.5 Å². The van der Waals surface area contributed by atoms with Crippen LogP contribution in [0.2, 0.25) is 0 Å². The number of allylic oxidation sites excluding steroid dienone is 3. The predicted molar refractivity (Wildman–Crippen MR) is 179 cm³/mol. The number of carbonyl (C=O) groups is 1. The topological polar surface area (TPSA) is 104 Å². The zero-order chi connectivity index (χ0) is 32.6. The monoisotopic (exact) mass is 638 g/mol. The quantitative estimate of drug-likeness (QED) is 0.170. The smallest absolute Gasteiger partial charge is 0.248 e. The number of carbonyl (C=O) groups excluding carboxylic acids is 1. The molecule has 6 rings (SSSR count). The molecule has 4 aliphatic carbocycles. The zero-order valence-electron chi connectivity index (χ0n) is 26.5. The van der Waals surface area contributed by atoms with Crippen molar-refractivity contribution in [1.82, 2.24) is 10.6 Å². The number of alkyl halides is 2. The third-order valence-corrected chi connectivity index (χ3v) is 10.6. The minimum absolute atomic E-state index is 0.0323. The van der Waals surface area contributed by atoms with Crippen LogP contribution in [0.5, 0.6) is 0 Å². The lowest BCUT2D eigenvalue weighted by Gasteiger charge is -2.54. The molecule has 1 aromatic rings. The first kappa shape index (κ1) is 33.0. The zero-order valence-corrected chi connectivity index (χ0v) is 27.3. The number of hydrogen-bond donors (Lipinski definition) is 4. The fraction of sp³-hybridized carbons (Fsp3) is 0.543. The maximum Gasteiger partial charge on any atom is 0.248 e. The summed E-state index contributed by atoms with van der Waals surface area (Å²) in [6.45, 7) is 11.0. The maximum atomic E-state index is 14.1. The molecule has 0 spiro atoms. The molecule has 1 amide bonds. The number of nitrogens with one attached hydrogen (secondary N) is 4. The molecule has 242 valence electrons. The molecule has 0 aromatic heterocycles. The van der Waals surface area contributed by atoms with E-state index in [9.17, 15) is 13.6 Å². The third kappa shape index (κ3) is 7.08. The van der Waals surface area contributed by atoms with E-state index in [2.05, 4.69) is 27.1 Å². The molecule has 7 nitrogen and oxygen atoms in total. The summed E-state index contributed by atoms with van der Waals surface area (Å²) in [5.74, 6) is -1.95. The van der Waals surface area contributed by atoms with E-state index in [4.69, 9.17) is 22.4 Å². The fourth-order valence-corrected chi connectivity index (χ4v) is 7.28. The van der Waals surface area contributed by atoms with Gasteiger partial charge in [0, 0.05) is 65.8 Å². The van der Waals surface area contributed by atoms with Crippen LogP contribution < -0.4 is 15.5 Å². The Morgan fingerprint density at radius 2 is 1.80 bits per heavy atom. The van der Waals surface area contributed by atoms with Crippen molar-refractivity contribution in [2.24, 2.45) is 27.2 Å². The number of aliphatic imine (C=N–C) groups is 1. The predicted octanol–water partition coefficient (Wildman–Crippen LogP) is 8.38. The standard InChI is InChI=1S/C35H45ClF2N6O/c1-23(24-8-10-35(37,38)11-9-24)44(27-7-5-6-25(18-27)28(19-39)29-41-20-26(36)21-42-29)22-33-12-15-34(16-13-33,17-14-33)31(45)43-30(40)32(2,3)4/h5-7,18-21,24,39,41H,1,8-17,22H2,2-4H3,(H2,40,43,45)/b29-28-,39-19?. The van der Waals surface area contributed by atoms with Gasteiger partial charge in [-0.2, -0.15) is 0 Å². The molecule has 1 aromatic carbocycles. The second-order valence-corrected chi connectivity index (χ2v) is 14.9. The average Bonchev–Trinajstić information content (AvgIpc) is 3.01. The number of nitrogens with zero attached hydrogens (tertiary/aromatic N) is 2. The van der Waals surface area contributed by atoms with E-state index in [-0.39, 0.29) is 35.9 Å². The van der Waals surface area contributed by atoms with Gasteiger partial charge in [0.05, 0.1) is 5.03 Å². The molecule has 0 radical (unpaired) electrons. The Kier molecular flexibility index (Phi) is 9.15. The normalized spacial score (nSPS) is 27.2. The Balaban J connectivity index is 1.41. The second-order valence-electron chi connectivity index (χ2n) is 14.5. The second kappa shape index (κ2) is 12.5. The van der Waals surface area contributed by atoms with Crippen molar-refractivity contribution in [3.05, 3.63) is 59.2 Å². The van der Waals surface area contributed by atoms with Gasteiger partial charge in [-0.15, -0.1) is 0 Å². The first-order valence-electron chi connectivity index (χ1n) is 15.9. The van der Waals surface area contributed by atoms with Gasteiger partial charge in [-0.3, -0.25) is 10.2 Å². The first-order valence-corrected chi connectivity index (χ1v) is 16.3. The van der Waals surface area contributed by atoms with Crippen molar-refractivity contribution in [1.29, 1.82) is 10.8 Å². The van der Waals surface area contributed by atoms with Crippen LogP contribution in [0.3, 0.4) is 0 Å². The number of hydrogen-bond acceptors (Lipinski definition) is 6. The lowest BCUT2D eigenvalue weighted by molar-refractivity contribution is -0.138. The van der Waals surface area contributed by atoms with Crippen LogP contribution in [0.1, 0.15) is 90.5 Å². The summed E-state index contributed by atoms with van der Waals surface area (Å²) in [7, 11) is 0. The van der Waals surface area contributed by atoms with Crippen LogP contribution in [0.25, 0.3) is 5.57 Å². The van der Waals surface area contributed by atoms with Crippen molar-refractivity contribution in [3.8, 4) is 0 Å². The van der Waals surface area contributed by atoms with Gasteiger partial charge in [-0.1, -0.05) is 51.1 Å². The largest absolute Gasteiger partial charge is 0.345 e. The van der Waals surface area contributed by atoms with Gasteiger partial charge >= 0.3 is 0 Å². The number of amidine groups is 1. The number of amides is 1. The summed E-state index contributed by atoms with van der Waals surface area (Å²) in [5.41, 5.74) is 2.22. The number of benzene rings is 1. The van der Waals surface area contributed by atoms with Crippen LogP contribution in [0, 0.1) is 33.0 Å². The Bertz CT molecular complexity index is 1440. The molecule has 0 unspecified atom stereocenters. The highest BCUT2D eigenvalue weighted by Crippen LogP contribution is 2.58.